The largest absolute Gasteiger partial charge is 0.445 e. The number of methoxy groups -OCH3 is 1. The van der Waals surface area contributed by atoms with Crippen LogP contribution >= 0.6 is 0 Å². The molecule has 9 heterocycles. The standard InChI is InChI=1S/C70H101N7O21/c1-37(2)62(76-58(81)12-8-7-9-13-61(84)98-77-59(82)22-23-60(77)83)67(86)75-49(11-10-26-72-68(71)87)66(85)74-42-16-14-41(15-17-42)36-90-69(88)73-35-44(79)31-55-63(89-6)48-30-43(78)29-46-19-21-52-65(93-46)57-33-56(94-52)64-50(80)34-70(96-57,97-64)25-24-47-28-39(4)51(91-47)20-18-45-27-38(3)40(5)53(92-45)32-54(48)95-55/h14-17,37-38,44-57,62-65,79-80H,4-5,7-13,18-36H2,1-3,6H3,(H,73,88)(H,74,85)(H,75,86)(H,76,81)(H3,71,72,87)/t38-,44?,45+,46?,47?,48?,49?,50-,51?,52+,53?,54?,55-,56-,57?,62+,63-,64?,65+,70-/m1/s1. The van der Waals surface area contributed by atoms with E-state index < -0.39 is 126 Å². The van der Waals surface area contributed by atoms with Gasteiger partial charge in [-0.2, -0.15) is 0 Å². The molecule has 0 radical (unpaired) electrons. The summed E-state index contributed by atoms with van der Waals surface area (Å²) >= 11 is 0. The molecule has 98 heavy (non-hydrogen) atoms. The quantitative estimate of drug-likeness (QED) is 0.0385. The fourth-order valence-corrected chi connectivity index (χ4v) is 15.5. The van der Waals surface area contributed by atoms with E-state index in [0.29, 0.717) is 86.9 Å². The number of nitrogens with zero attached hydrogens (tertiary/aromatic N) is 1. The van der Waals surface area contributed by atoms with Gasteiger partial charge in [0, 0.05) is 102 Å². The number of imide groups is 1. The van der Waals surface area contributed by atoms with Gasteiger partial charge in [-0.3, -0.25) is 28.8 Å². The molecular weight excluding hydrogens is 1270 g/mol. The molecule has 1 aromatic rings. The van der Waals surface area contributed by atoms with Gasteiger partial charge in [0.15, 0.2) is 5.79 Å². The average Bonchev–Trinajstić information content (AvgIpc) is 1.59. The summed E-state index contributed by atoms with van der Waals surface area (Å²) in [6.07, 6.45) is 0.786. The molecule has 9 fully saturated rings. The number of anilines is 1. The third kappa shape index (κ3) is 19.3. The van der Waals surface area contributed by atoms with Gasteiger partial charge >= 0.3 is 18.1 Å². The second-order valence-corrected chi connectivity index (χ2v) is 28.5. The van der Waals surface area contributed by atoms with Gasteiger partial charge in [-0.1, -0.05) is 52.5 Å². The lowest BCUT2D eigenvalue weighted by atomic mass is 9.81. The summed E-state index contributed by atoms with van der Waals surface area (Å²) in [5, 5.41) is 36.7. The second-order valence-electron chi connectivity index (χ2n) is 28.5. The van der Waals surface area contributed by atoms with Crippen molar-refractivity contribution in [2.75, 3.05) is 25.5 Å². The van der Waals surface area contributed by atoms with Crippen molar-refractivity contribution in [1.82, 2.24) is 26.3 Å². The molecule has 9 aliphatic rings. The lowest BCUT2D eigenvalue weighted by molar-refractivity contribution is -0.277. The van der Waals surface area contributed by atoms with Crippen LogP contribution in [0.2, 0.25) is 0 Å². The number of hydroxylamine groups is 2. The van der Waals surface area contributed by atoms with Crippen molar-refractivity contribution >= 4 is 59.1 Å². The van der Waals surface area contributed by atoms with Crippen LogP contribution in [-0.4, -0.2) is 198 Å². The minimum Gasteiger partial charge on any atom is -0.445 e. The van der Waals surface area contributed by atoms with E-state index in [1.54, 1.807) is 45.2 Å². The number of amides is 8. The van der Waals surface area contributed by atoms with Gasteiger partial charge in [-0.05, 0) is 111 Å². The molecule has 20 atom stereocenters. The highest BCUT2D eigenvalue weighted by Gasteiger charge is 2.60. The maximum absolute atomic E-state index is 14.5. The predicted octanol–water partition coefficient (Wildman–Crippen LogP) is 4.96. The number of rotatable bonds is 24. The number of ketones is 1. The number of hydrogen-bond donors (Lipinski definition) is 8. The molecule has 1 spiro atoms. The first kappa shape index (κ1) is 74.2. The molecule has 9 saturated heterocycles. The van der Waals surface area contributed by atoms with Crippen LogP contribution in [0.5, 0.6) is 0 Å². The molecule has 542 valence electrons. The number of aliphatic hydroxyl groups excluding tert-OH is 2. The Morgan fingerprint density at radius 2 is 1.49 bits per heavy atom. The van der Waals surface area contributed by atoms with Crippen LogP contribution in [0.4, 0.5) is 15.3 Å². The van der Waals surface area contributed by atoms with E-state index in [-0.39, 0.29) is 132 Å². The Labute approximate surface area is 571 Å². The van der Waals surface area contributed by atoms with Crippen molar-refractivity contribution in [2.24, 2.45) is 23.5 Å². The number of urea groups is 1. The number of hydrogen-bond acceptors (Lipinski definition) is 21. The molecule has 8 amide bonds. The molecule has 28 nitrogen and oxygen atoms in total. The molecule has 10 rings (SSSR count). The third-order valence-electron chi connectivity index (χ3n) is 20.8. The number of ether oxygens (including phenoxy) is 9. The Morgan fingerprint density at radius 3 is 2.23 bits per heavy atom. The first-order chi connectivity index (χ1) is 46.9. The van der Waals surface area contributed by atoms with Crippen LogP contribution in [-0.2, 0) is 87.6 Å². The minimum atomic E-state index is -1.12. The van der Waals surface area contributed by atoms with Crippen LogP contribution in [0.3, 0.4) is 0 Å². The fourth-order valence-electron chi connectivity index (χ4n) is 15.5. The summed E-state index contributed by atoms with van der Waals surface area (Å²) in [7, 11) is 1.57. The first-order valence-electron chi connectivity index (χ1n) is 35.3. The van der Waals surface area contributed by atoms with Crippen LogP contribution in [0.25, 0.3) is 0 Å². The molecule has 0 aliphatic carbocycles. The van der Waals surface area contributed by atoms with E-state index in [0.717, 1.165) is 30.4 Å². The van der Waals surface area contributed by atoms with Crippen molar-refractivity contribution < 1.29 is 101 Å². The van der Waals surface area contributed by atoms with Crippen molar-refractivity contribution in [2.45, 2.75) is 284 Å². The van der Waals surface area contributed by atoms with E-state index in [1.165, 1.54) is 0 Å². The second kappa shape index (κ2) is 33.8. The van der Waals surface area contributed by atoms with E-state index in [2.05, 4.69) is 46.7 Å². The van der Waals surface area contributed by atoms with Crippen molar-refractivity contribution in [3.05, 3.63) is 54.1 Å². The van der Waals surface area contributed by atoms with Gasteiger partial charge in [0.1, 0.15) is 36.7 Å². The molecule has 28 heteroatoms. The molecule has 10 unspecified atom stereocenters. The average molecular weight is 1380 g/mol. The highest BCUT2D eigenvalue weighted by molar-refractivity contribution is 6.01. The Kier molecular flexibility index (Phi) is 25.6. The number of nitrogens with two attached hydrogens (primary N) is 1. The molecule has 9 aliphatic heterocycles. The normalized spacial score (nSPS) is 33.4. The summed E-state index contributed by atoms with van der Waals surface area (Å²) in [5.41, 5.74) is 8.14. The molecular formula is C70H101N7O21. The number of carbonyl (C=O) groups excluding carboxylic acids is 9. The number of benzene rings is 1. The highest BCUT2D eigenvalue weighted by atomic mass is 16.7. The van der Waals surface area contributed by atoms with Crippen molar-refractivity contribution in [3.8, 4) is 0 Å². The molecule has 10 bridgehead atoms. The molecule has 9 N–H and O–H groups in total. The predicted molar refractivity (Wildman–Crippen MR) is 348 cm³/mol. The first-order valence-corrected chi connectivity index (χ1v) is 35.3. The summed E-state index contributed by atoms with van der Waals surface area (Å²) in [6.45, 7) is 14.3. The topological polar surface area (TPSA) is 376 Å². The maximum Gasteiger partial charge on any atom is 0.407 e. The fraction of sp³-hybridized carbons (Fsp3) is 0.729. The molecule has 1 aromatic carbocycles. The SMILES string of the molecule is C=C1CC2CC[C@]34C[C@@H](O)C(O3)[C@H]3CC(O4)[C@H]4OC(CC[C@@H]4O3)CC(=O)CC3C(CC4O[C@@H](CCC1O2)C[C@@H](C)C4=C)O[C@H](CC(O)CNC(=O)OCc1ccc(NC(=O)C(CCCNC(N)=O)NC(=O)[C@@H](NC(=O)CCCCCC(=O)ON2C(=O)CCC2=O)C(C)C)cc1)[C@@H]3OC. The number of primary amides is 1. The third-order valence-corrected chi connectivity index (χ3v) is 20.8. The van der Waals surface area contributed by atoms with Crippen LogP contribution in [0.15, 0.2) is 48.6 Å². The van der Waals surface area contributed by atoms with E-state index in [1.807, 2.05) is 0 Å². The molecule has 0 aromatic heterocycles. The van der Waals surface area contributed by atoms with Gasteiger partial charge in [-0.25, -0.2) is 14.4 Å². The van der Waals surface area contributed by atoms with Crippen molar-refractivity contribution in [1.29, 1.82) is 0 Å². The molecule has 0 saturated carbocycles. The number of carbonyl (C=O) groups is 9. The summed E-state index contributed by atoms with van der Waals surface area (Å²) in [5.74, 6) is -5.27. The summed E-state index contributed by atoms with van der Waals surface area (Å²) in [6, 6.07) is 3.53. The van der Waals surface area contributed by atoms with Gasteiger partial charge in [0.25, 0.3) is 11.8 Å². The number of alkyl carbamates (subject to hydrolysis) is 1. The van der Waals surface area contributed by atoms with E-state index in [4.69, 9.17) is 53.2 Å². The monoisotopic (exact) mass is 1380 g/mol. The Balaban J connectivity index is 0.709. The van der Waals surface area contributed by atoms with Crippen LogP contribution < -0.4 is 32.3 Å². The number of fused-ring (bicyclic) bond motifs is 9. The number of Topliss-reactive ketones (excluding diaryl/α,β-unsaturated/α-hetero) is 1. The number of unbranched alkanes of at least 4 members (excludes halogenated alkanes) is 2. The summed E-state index contributed by atoms with van der Waals surface area (Å²) in [4.78, 5) is 120. The minimum absolute atomic E-state index is 0.0173. The Hall–Kier alpha value is -6.47. The van der Waals surface area contributed by atoms with Gasteiger partial charge in [-0.15, -0.1) is 5.06 Å². The maximum atomic E-state index is 14.5. The summed E-state index contributed by atoms with van der Waals surface area (Å²) < 4.78 is 59.1. The lowest BCUT2D eigenvalue weighted by Crippen LogP contribution is -2.58. The number of aliphatic hydroxyl groups is 2. The zero-order valence-corrected chi connectivity index (χ0v) is 56.8. The van der Waals surface area contributed by atoms with Gasteiger partial charge < -0.3 is 90.0 Å². The highest BCUT2D eigenvalue weighted by Crippen LogP contribution is 2.49. The van der Waals surface area contributed by atoms with E-state index in [9.17, 15) is 53.4 Å². The number of nitrogens with one attached hydrogen (secondary N) is 5. The van der Waals surface area contributed by atoms with Crippen LogP contribution in [0, 0.1) is 17.8 Å². The Morgan fingerprint density at radius 1 is 0.755 bits per heavy atom. The lowest BCUT2D eigenvalue weighted by Gasteiger charge is -2.47. The zero-order chi connectivity index (χ0) is 69.9. The van der Waals surface area contributed by atoms with Crippen LogP contribution in [0.1, 0.15) is 174 Å². The van der Waals surface area contributed by atoms with Crippen molar-refractivity contribution in [3.63, 3.8) is 0 Å². The van der Waals surface area contributed by atoms with Gasteiger partial charge in [0.05, 0.1) is 79.4 Å². The van der Waals surface area contributed by atoms with Gasteiger partial charge in [0.2, 0.25) is 17.7 Å². The van der Waals surface area contributed by atoms with E-state index >= 15 is 0 Å². The smallest absolute Gasteiger partial charge is 0.407 e. The Bertz CT molecular complexity index is 3030. The zero-order valence-electron chi connectivity index (χ0n) is 56.8.